The highest BCUT2D eigenvalue weighted by Gasteiger charge is 2.26. The van der Waals surface area contributed by atoms with Gasteiger partial charge in [0.25, 0.3) is 0 Å². The zero-order valence-corrected chi connectivity index (χ0v) is 12.3. The fourth-order valence-corrected chi connectivity index (χ4v) is 2.91. The Morgan fingerprint density at radius 2 is 2.39 bits per heavy atom. The molecular weight excluding hydrogens is 240 g/mol. The molecule has 1 saturated heterocycles. The highest BCUT2D eigenvalue weighted by atomic mass is 32.1. The van der Waals surface area contributed by atoms with Crippen LogP contribution in [0.2, 0.25) is 0 Å². The number of aromatic nitrogens is 1. The van der Waals surface area contributed by atoms with Gasteiger partial charge >= 0.3 is 0 Å². The van der Waals surface area contributed by atoms with Gasteiger partial charge < -0.3 is 5.32 Å². The fraction of sp³-hybridized carbons (Fsp3) is 0.533. The molecule has 1 aromatic rings. The van der Waals surface area contributed by atoms with E-state index >= 15 is 0 Å². The zero-order chi connectivity index (χ0) is 13.2. The molecule has 0 amide bonds. The van der Waals surface area contributed by atoms with E-state index < -0.39 is 0 Å². The standard InChI is InChI=1S/C15H22N2S/c1-11(5-6-14-12(2)17-10-18-14)13-7-8-15(3,4)9-16-13/h5-6,10,13,16H,1,7-9H2,2-4H3/b6-5-/t13-/m0/s1. The topological polar surface area (TPSA) is 24.9 Å². The molecule has 0 saturated carbocycles. The molecule has 1 fully saturated rings. The molecule has 1 aromatic heterocycles. The van der Waals surface area contributed by atoms with Crippen molar-refractivity contribution in [3.63, 3.8) is 0 Å². The van der Waals surface area contributed by atoms with Crippen LogP contribution in [0.5, 0.6) is 0 Å². The van der Waals surface area contributed by atoms with E-state index in [-0.39, 0.29) is 0 Å². The van der Waals surface area contributed by atoms with Crippen LogP contribution in [0.3, 0.4) is 0 Å². The summed E-state index contributed by atoms with van der Waals surface area (Å²) in [5.41, 5.74) is 4.59. The van der Waals surface area contributed by atoms with Gasteiger partial charge in [0.2, 0.25) is 0 Å². The van der Waals surface area contributed by atoms with Crippen LogP contribution >= 0.6 is 11.3 Å². The van der Waals surface area contributed by atoms with Crippen LogP contribution in [-0.2, 0) is 0 Å². The Hall–Kier alpha value is -0.930. The minimum Gasteiger partial charge on any atom is -0.309 e. The molecule has 98 valence electrons. The minimum atomic E-state index is 0.425. The van der Waals surface area contributed by atoms with Gasteiger partial charge in [-0.05, 0) is 36.8 Å². The Morgan fingerprint density at radius 1 is 1.61 bits per heavy atom. The van der Waals surface area contributed by atoms with Gasteiger partial charge in [-0.2, -0.15) is 0 Å². The van der Waals surface area contributed by atoms with E-state index in [4.69, 9.17) is 0 Å². The molecular formula is C15H22N2S. The fourth-order valence-electron chi connectivity index (χ4n) is 2.21. The summed E-state index contributed by atoms with van der Waals surface area (Å²) in [6, 6.07) is 0.433. The van der Waals surface area contributed by atoms with Gasteiger partial charge in [0.15, 0.2) is 0 Å². The lowest BCUT2D eigenvalue weighted by molar-refractivity contribution is 0.238. The van der Waals surface area contributed by atoms with Crippen molar-refractivity contribution in [2.75, 3.05) is 6.54 Å². The molecule has 2 heterocycles. The predicted molar refractivity (Wildman–Crippen MR) is 79.8 cm³/mol. The molecule has 0 radical (unpaired) electrons. The highest BCUT2D eigenvalue weighted by molar-refractivity contribution is 7.10. The Kier molecular flexibility index (Phi) is 4.03. The number of hydrogen-bond acceptors (Lipinski definition) is 3. The Balaban J connectivity index is 1.93. The lowest BCUT2D eigenvalue weighted by atomic mass is 9.81. The maximum atomic E-state index is 4.25. The van der Waals surface area contributed by atoms with Crippen LogP contribution < -0.4 is 5.32 Å². The van der Waals surface area contributed by atoms with Gasteiger partial charge in [0.1, 0.15) is 0 Å². The molecule has 1 aliphatic heterocycles. The first-order chi connectivity index (χ1) is 8.48. The first-order valence-corrected chi connectivity index (χ1v) is 7.36. The van der Waals surface area contributed by atoms with Crippen molar-refractivity contribution >= 4 is 17.4 Å². The summed E-state index contributed by atoms with van der Waals surface area (Å²) in [6.45, 7) is 11.9. The van der Waals surface area contributed by atoms with Crippen LogP contribution in [0.25, 0.3) is 6.08 Å². The van der Waals surface area contributed by atoms with E-state index in [0.717, 1.165) is 12.2 Å². The lowest BCUT2D eigenvalue weighted by Crippen LogP contribution is -2.43. The van der Waals surface area contributed by atoms with Crippen molar-refractivity contribution in [2.24, 2.45) is 5.41 Å². The average molecular weight is 262 g/mol. The number of rotatable bonds is 3. The summed E-state index contributed by atoms with van der Waals surface area (Å²) in [4.78, 5) is 5.48. The molecule has 3 heteroatoms. The maximum Gasteiger partial charge on any atom is 0.0801 e. The van der Waals surface area contributed by atoms with Crippen molar-refractivity contribution < 1.29 is 0 Å². The third-order valence-electron chi connectivity index (χ3n) is 3.62. The molecule has 1 N–H and O–H groups in total. The monoisotopic (exact) mass is 262 g/mol. The number of thiazole rings is 1. The molecule has 0 spiro atoms. The Morgan fingerprint density at radius 3 is 2.94 bits per heavy atom. The summed E-state index contributed by atoms with van der Waals surface area (Å²) in [5, 5.41) is 3.59. The lowest BCUT2D eigenvalue weighted by Gasteiger charge is -2.35. The first-order valence-electron chi connectivity index (χ1n) is 6.48. The van der Waals surface area contributed by atoms with Crippen LogP contribution in [0.15, 0.2) is 23.7 Å². The molecule has 0 unspecified atom stereocenters. The third-order valence-corrected chi connectivity index (χ3v) is 4.51. The molecule has 1 atom stereocenters. The van der Waals surface area contributed by atoms with Crippen molar-refractivity contribution in [2.45, 2.75) is 39.7 Å². The largest absolute Gasteiger partial charge is 0.309 e. The van der Waals surface area contributed by atoms with E-state index in [1.165, 1.54) is 23.3 Å². The second-order valence-corrected chi connectivity index (χ2v) is 6.73. The summed E-state index contributed by atoms with van der Waals surface area (Å²) >= 11 is 1.68. The number of hydrogen-bond donors (Lipinski definition) is 1. The highest BCUT2D eigenvalue weighted by Crippen LogP contribution is 2.28. The second-order valence-electron chi connectivity index (χ2n) is 5.85. The molecule has 0 aliphatic carbocycles. The molecule has 18 heavy (non-hydrogen) atoms. The molecule has 1 aliphatic rings. The van der Waals surface area contributed by atoms with Crippen LogP contribution in [0, 0.1) is 12.3 Å². The van der Waals surface area contributed by atoms with E-state index in [0.29, 0.717) is 11.5 Å². The van der Waals surface area contributed by atoms with Gasteiger partial charge in [-0.1, -0.05) is 26.5 Å². The smallest absolute Gasteiger partial charge is 0.0801 e. The number of piperidine rings is 1. The van der Waals surface area contributed by atoms with Crippen molar-refractivity contribution in [3.05, 3.63) is 34.3 Å². The summed E-state index contributed by atoms with van der Waals surface area (Å²) < 4.78 is 0. The van der Waals surface area contributed by atoms with Gasteiger partial charge in [0.05, 0.1) is 11.2 Å². The van der Waals surface area contributed by atoms with Gasteiger partial charge in [0, 0.05) is 17.5 Å². The third kappa shape index (κ3) is 3.30. The van der Waals surface area contributed by atoms with E-state index in [1.54, 1.807) is 11.3 Å². The van der Waals surface area contributed by atoms with Gasteiger partial charge in [-0.3, -0.25) is 0 Å². The number of nitrogens with zero attached hydrogens (tertiary/aromatic N) is 1. The predicted octanol–water partition coefficient (Wildman–Crippen LogP) is 3.80. The van der Waals surface area contributed by atoms with Crippen LogP contribution in [-0.4, -0.2) is 17.6 Å². The summed E-state index contributed by atoms with van der Waals surface area (Å²) in [7, 11) is 0. The first kappa shape index (κ1) is 13.5. The van der Waals surface area contributed by atoms with E-state index in [1.807, 2.05) is 12.4 Å². The molecule has 2 nitrogen and oxygen atoms in total. The molecule has 0 aromatic carbocycles. The quantitative estimate of drug-likeness (QED) is 0.838. The average Bonchev–Trinajstić information content (AvgIpc) is 2.72. The summed E-state index contributed by atoms with van der Waals surface area (Å²) in [6.07, 6.45) is 6.71. The van der Waals surface area contributed by atoms with Crippen LogP contribution in [0.1, 0.15) is 37.3 Å². The Bertz CT molecular complexity index is 447. The molecule has 0 bridgehead atoms. The number of aryl methyl sites for hydroxylation is 1. The van der Waals surface area contributed by atoms with E-state index in [9.17, 15) is 0 Å². The Labute approximate surface area is 114 Å². The number of nitrogens with one attached hydrogen (secondary N) is 1. The van der Waals surface area contributed by atoms with Crippen molar-refractivity contribution in [1.29, 1.82) is 0 Å². The normalized spacial score (nSPS) is 23.4. The summed E-state index contributed by atoms with van der Waals surface area (Å²) in [5.74, 6) is 0. The minimum absolute atomic E-state index is 0.425. The second kappa shape index (κ2) is 5.37. The molecule has 2 rings (SSSR count). The van der Waals surface area contributed by atoms with Gasteiger partial charge in [-0.25, -0.2) is 4.98 Å². The van der Waals surface area contributed by atoms with E-state index in [2.05, 4.69) is 42.9 Å². The SMILES string of the molecule is C=C(/C=C\c1scnc1C)[C@@H]1CCC(C)(C)CN1. The zero-order valence-electron chi connectivity index (χ0n) is 11.5. The van der Waals surface area contributed by atoms with Gasteiger partial charge in [-0.15, -0.1) is 11.3 Å². The van der Waals surface area contributed by atoms with Crippen LogP contribution in [0.4, 0.5) is 0 Å². The maximum absolute atomic E-state index is 4.25. The van der Waals surface area contributed by atoms with Crippen molar-refractivity contribution in [3.8, 4) is 0 Å². The van der Waals surface area contributed by atoms with Crippen molar-refractivity contribution in [1.82, 2.24) is 10.3 Å².